The van der Waals surface area contributed by atoms with E-state index >= 15 is 0 Å². The van der Waals surface area contributed by atoms with Crippen LogP contribution >= 0.6 is 0 Å². The minimum atomic E-state index is -3.93. The van der Waals surface area contributed by atoms with Gasteiger partial charge in [-0.3, -0.25) is 4.79 Å². The first kappa shape index (κ1) is 17.9. The van der Waals surface area contributed by atoms with Gasteiger partial charge in [-0.1, -0.05) is 48.5 Å². The van der Waals surface area contributed by atoms with Crippen LogP contribution in [-0.4, -0.2) is 29.7 Å². The summed E-state index contributed by atoms with van der Waals surface area (Å²) < 4.78 is 26.3. The van der Waals surface area contributed by atoms with Crippen molar-refractivity contribution in [2.24, 2.45) is 0 Å². The molecule has 0 aromatic heterocycles. The largest absolute Gasteiger partial charge is 0.478 e. The van der Waals surface area contributed by atoms with Crippen LogP contribution in [0.4, 0.5) is 0 Å². The van der Waals surface area contributed by atoms with Gasteiger partial charge in [-0.25, -0.2) is 17.5 Å². The van der Waals surface area contributed by atoms with E-state index in [1.165, 1.54) is 24.3 Å². The second kappa shape index (κ2) is 6.61. The third-order valence-corrected chi connectivity index (χ3v) is 6.42. The number of benzene rings is 3. The molecule has 0 atom stereocenters. The van der Waals surface area contributed by atoms with Gasteiger partial charge in [-0.15, -0.1) is 0 Å². The Labute approximate surface area is 161 Å². The Kier molecular flexibility index (Phi) is 4.24. The van der Waals surface area contributed by atoms with E-state index in [1.54, 1.807) is 42.5 Å². The number of carboxylic acid groups (broad SMARTS) is 1. The molecule has 0 aliphatic carbocycles. The molecule has 4 rings (SSSR count). The fraction of sp³-hybridized carbons (Fsp3) is 0.0476. The van der Waals surface area contributed by atoms with Crippen LogP contribution in [-0.2, 0) is 16.6 Å². The maximum absolute atomic E-state index is 12.7. The highest BCUT2D eigenvalue weighted by Crippen LogP contribution is 2.32. The topological polar surface area (TPSA) is 91.8 Å². The molecule has 3 aromatic rings. The molecule has 0 fully saturated rings. The first-order valence-corrected chi connectivity index (χ1v) is 9.91. The van der Waals surface area contributed by atoms with Gasteiger partial charge in [0.1, 0.15) is 4.90 Å². The molecule has 140 valence electrons. The monoisotopic (exact) mass is 393 g/mol. The summed E-state index contributed by atoms with van der Waals surface area (Å²) in [5.41, 5.74) is 1.93. The lowest BCUT2D eigenvalue weighted by atomic mass is 9.97. The Balaban J connectivity index is 1.76. The number of aromatic carboxylic acids is 1. The van der Waals surface area contributed by atoms with Crippen molar-refractivity contribution in [1.82, 2.24) is 4.31 Å². The minimum absolute atomic E-state index is 0.00885. The summed E-state index contributed by atoms with van der Waals surface area (Å²) in [7, 11) is -3.93. The first-order chi connectivity index (χ1) is 13.4. The third-order valence-electron chi connectivity index (χ3n) is 4.64. The number of carbonyl (C=O) groups is 2. The van der Waals surface area contributed by atoms with Crippen LogP contribution in [0.2, 0.25) is 0 Å². The fourth-order valence-electron chi connectivity index (χ4n) is 3.29. The van der Waals surface area contributed by atoms with Gasteiger partial charge in [-0.2, -0.15) is 0 Å². The number of hydrogen-bond donors (Lipinski definition) is 1. The number of carbonyl (C=O) groups excluding carboxylic acids is 1. The Morgan fingerprint density at radius 3 is 2.25 bits per heavy atom. The molecule has 1 aliphatic rings. The lowest BCUT2D eigenvalue weighted by Gasteiger charge is -2.16. The van der Waals surface area contributed by atoms with E-state index in [0.29, 0.717) is 16.7 Å². The lowest BCUT2D eigenvalue weighted by Crippen LogP contribution is -2.29. The van der Waals surface area contributed by atoms with Crippen molar-refractivity contribution in [2.45, 2.75) is 11.4 Å². The predicted octanol–water partition coefficient (Wildman–Crippen LogP) is 3.40. The van der Waals surface area contributed by atoms with Gasteiger partial charge < -0.3 is 5.11 Å². The zero-order valence-corrected chi connectivity index (χ0v) is 15.4. The normalized spacial score (nSPS) is 14.7. The number of rotatable bonds is 4. The summed E-state index contributed by atoms with van der Waals surface area (Å²) in [6.07, 6.45) is 0. The number of carboxylic acids is 1. The lowest BCUT2D eigenvalue weighted by molar-refractivity contribution is 0.0697. The standard InChI is InChI=1S/C21H15NO5S/c23-20-17-8-4-5-9-19(17)28(26,27)22(20)13-14-10-11-16(21(24)25)18(12-14)15-6-2-1-3-7-15/h1-12H,13H2,(H,24,25). The van der Waals surface area contributed by atoms with Crippen molar-refractivity contribution >= 4 is 21.9 Å². The van der Waals surface area contributed by atoms with Crippen LogP contribution < -0.4 is 0 Å². The molecule has 0 saturated carbocycles. The average molecular weight is 393 g/mol. The molecular weight excluding hydrogens is 378 g/mol. The smallest absolute Gasteiger partial charge is 0.336 e. The van der Waals surface area contributed by atoms with E-state index < -0.39 is 21.9 Å². The molecule has 1 heterocycles. The number of fused-ring (bicyclic) bond motifs is 1. The van der Waals surface area contributed by atoms with Crippen molar-refractivity contribution < 1.29 is 23.1 Å². The highest BCUT2D eigenvalue weighted by atomic mass is 32.2. The zero-order valence-electron chi connectivity index (χ0n) is 14.6. The van der Waals surface area contributed by atoms with E-state index in [4.69, 9.17) is 0 Å². The summed E-state index contributed by atoms with van der Waals surface area (Å²) in [5.74, 6) is -1.66. The summed E-state index contributed by atoms with van der Waals surface area (Å²) in [5, 5.41) is 9.49. The average Bonchev–Trinajstić information content (AvgIpc) is 2.89. The van der Waals surface area contributed by atoms with Crippen LogP contribution in [0.15, 0.2) is 77.7 Å². The Bertz CT molecular complexity index is 1200. The molecule has 28 heavy (non-hydrogen) atoms. The SMILES string of the molecule is O=C(O)c1ccc(CN2C(=O)c3ccccc3S2(=O)=O)cc1-c1ccccc1. The van der Waals surface area contributed by atoms with E-state index in [2.05, 4.69) is 0 Å². The third kappa shape index (κ3) is 2.86. The number of hydrogen-bond acceptors (Lipinski definition) is 4. The Hall–Kier alpha value is -3.45. The Morgan fingerprint density at radius 1 is 0.893 bits per heavy atom. The van der Waals surface area contributed by atoms with Crippen molar-refractivity contribution in [2.75, 3.05) is 0 Å². The van der Waals surface area contributed by atoms with Gasteiger partial charge in [0, 0.05) is 0 Å². The quantitative estimate of drug-likeness (QED) is 0.734. The zero-order chi connectivity index (χ0) is 19.9. The van der Waals surface area contributed by atoms with Gasteiger partial charge in [0.05, 0.1) is 17.7 Å². The summed E-state index contributed by atoms with van der Waals surface area (Å²) in [4.78, 5) is 24.2. The van der Waals surface area contributed by atoms with Crippen LogP contribution in [0.3, 0.4) is 0 Å². The van der Waals surface area contributed by atoms with Crippen molar-refractivity contribution in [3.05, 3.63) is 89.5 Å². The van der Waals surface area contributed by atoms with Gasteiger partial charge in [-0.05, 0) is 41.0 Å². The van der Waals surface area contributed by atoms with Crippen molar-refractivity contribution in [3.8, 4) is 11.1 Å². The van der Waals surface area contributed by atoms with Gasteiger partial charge in [0.25, 0.3) is 15.9 Å². The van der Waals surface area contributed by atoms with Gasteiger partial charge in [0.2, 0.25) is 0 Å². The van der Waals surface area contributed by atoms with E-state index in [1.807, 2.05) is 6.07 Å². The van der Waals surface area contributed by atoms with Crippen molar-refractivity contribution in [1.29, 1.82) is 0 Å². The number of nitrogens with zero attached hydrogens (tertiary/aromatic N) is 1. The van der Waals surface area contributed by atoms with E-state index in [-0.39, 0.29) is 22.6 Å². The number of sulfonamides is 1. The fourth-order valence-corrected chi connectivity index (χ4v) is 4.84. The predicted molar refractivity (Wildman–Crippen MR) is 102 cm³/mol. The summed E-state index contributed by atoms with van der Waals surface area (Å²) >= 11 is 0. The summed E-state index contributed by atoms with van der Waals surface area (Å²) in [6, 6.07) is 19.6. The summed E-state index contributed by atoms with van der Waals surface area (Å²) in [6.45, 7) is -0.171. The molecule has 1 amide bonds. The van der Waals surface area contributed by atoms with Crippen LogP contribution in [0.5, 0.6) is 0 Å². The van der Waals surface area contributed by atoms with Gasteiger partial charge >= 0.3 is 5.97 Å². The molecule has 1 N–H and O–H groups in total. The molecule has 1 aliphatic heterocycles. The number of amides is 1. The van der Waals surface area contributed by atoms with Crippen LogP contribution in [0.25, 0.3) is 11.1 Å². The first-order valence-electron chi connectivity index (χ1n) is 8.47. The molecule has 6 nitrogen and oxygen atoms in total. The van der Waals surface area contributed by atoms with Crippen LogP contribution in [0, 0.1) is 0 Å². The molecule has 0 spiro atoms. The maximum Gasteiger partial charge on any atom is 0.336 e. The molecule has 7 heteroatoms. The molecule has 0 bridgehead atoms. The van der Waals surface area contributed by atoms with E-state index in [9.17, 15) is 23.1 Å². The highest BCUT2D eigenvalue weighted by molar-refractivity contribution is 7.90. The molecule has 0 unspecified atom stereocenters. The van der Waals surface area contributed by atoms with Crippen LogP contribution in [0.1, 0.15) is 26.3 Å². The van der Waals surface area contributed by atoms with E-state index in [0.717, 1.165) is 4.31 Å². The molecule has 3 aromatic carbocycles. The minimum Gasteiger partial charge on any atom is -0.478 e. The molecule has 0 radical (unpaired) electrons. The molecule has 0 saturated heterocycles. The Morgan fingerprint density at radius 2 is 1.57 bits per heavy atom. The maximum atomic E-state index is 12.7. The second-order valence-corrected chi connectivity index (χ2v) is 8.19. The second-order valence-electron chi connectivity index (χ2n) is 6.36. The van der Waals surface area contributed by atoms with Crippen molar-refractivity contribution in [3.63, 3.8) is 0 Å². The highest BCUT2D eigenvalue weighted by Gasteiger charge is 2.40. The van der Waals surface area contributed by atoms with Gasteiger partial charge in [0.15, 0.2) is 0 Å². The molecular formula is C21H15NO5S.